The molecule has 6 rings (SSSR count). The molecule has 3 aliphatic carbocycles. The first-order valence-electron chi connectivity index (χ1n) is 10.6. The van der Waals surface area contributed by atoms with Gasteiger partial charge in [0.15, 0.2) is 0 Å². The number of anilines is 2. The van der Waals surface area contributed by atoms with Crippen molar-refractivity contribution in [2.45, 2.75) is 32.1 Å². The lowest BCUT2D eigenvalue weighted by atomic mass is 9.81. The smallest absolute Gasteiger partial charge is 0.238 e. The molecule has 2 aliphatic heterocycles. The summed E-state index contributed by atoms with van der Waals surface area (Å²) in [5.41, 5.74) is 1.05. The zero-order valence-corrected chi connectivity index (χ0v) is 16.0. The van der Waals surface area contributed by atoms with Crippen LogP contribution in [0.5, 0.6) is 0 Å². The van der Waals surface area contributed by atoms with Gasteiger partial charge in [0.25, 0.3) is 0 Å². The fourth-order valence-corrected chi connectivity index (χ4v) is 6.32. The molecule has 1 aromatic rings. The molecule has 0 aromatic heterocycles. The molecule has 1 aromatic carbocycles. The fraction of sp³-hybridized carbons (Fsp3) is 0.478. The number of carbonyl (C=O) groups excluding carboxylic acids is 4. The van der Waals surface area contributed by atoms with E-state index >= 15 is 0 Å². The van der Waals surface area contributed by atoms with E-state index in [4.69, 9.17) is 0 Å². The van der Waals surface area contributed by atoms with Gasteiger partial charge in [0.05, 0.1) is 35.0 Å². The molecule has 148 valence electrons. The molecule has 5 aliphatic rings. The third-order valence-corrected chi connectivity index (χ3v) is 7.68. The number of amides is 4. The lowest BCUT2D eigenvalue weighted by Crippen LogP contribution is -2.33. The van der Waals surface area contributed by atoms with Crippen LogP contribution >= 0.6 is 0 Å². The maximum absolute atomic E-state index is 13.0. The summed E-state index contributed by atoms with van der Waals surface area (Å²) in [7, 11) is 0. The number of hydrogen-bond acceptors (Lipinski definition) is 4. The van der Waals surface area contributed by atoms with Crippen molar-refractivity contribution in [3.05, 3.63) is 36.4 Å². The molecule has 4 fully saturated rings. The van der Waals surface area contributed by atoms with E-state index in [2.05, 4.69) is 12.2 Å². The Balaban J connectivity index is 1.28. The lowest BCUT2D eigenvalue weighted by Gasteiger charge is -2.19. The van der Waals surface area contributed by atoms with E-state index in [0.717, 1.165) is 32.1 Å². The maximum Gasteiger partial charge on any atom is 0.238 e. The van der Waals surface area contributed by atoms with Crippen LogP contribution in [0.15, 0.2) is 36.4 Å². The minimum atomic E-state index is -0.234. The zero-order chi connectivity index (χ0) is 19.9. The highest BCUT2D eigenvalue weighted by atomic mass is 16.2. The van der Waals surface area contributed by atoms with Crippen molar-refractivity contribution in [2.24, 2.45) is 35.5 Å². The Kier molecular flexibility index (Phi) is 3.47. The lowest BCUT2D eigenvalue weighted by molar-refractivity contribution is -0.124. The molecule has 0 N–H and O–H groups in total. The van der Waals surface area contributed by atoms with E-state index < -0.39 is 0 Å². The minimum absolute atomic E-state index is 0.113. The van der Waals surface area contributed by atoms with Gasteiger partial charge in [-0.15, -0.1) is 0 Å². The van der Waals surface area contributed by atoms with Gasteiger partial charge in [-0.25, -0.2) is 0 Å². The molecule has 2 heterocycles. The average Bonchev–Trinajstić information content (AvgIpc) is 3.47. The van der Waals surface area contributed by atoms with Crippen LogP contribution in [0.2, 0.25) is 0 Å². The minimum Gasteiger partial charge on any atom is -0.274 e. The molecular formula is C23H22N2O4. The number of rotatable bonds is 2. The van der Waals surface area contributed by atoms with E-state index in [9.17, 15) is 19.2 Å². The Morgan fingerprint density at radius 3 is 1.48 bits per heavy atom. The molecule has 2 bridgehead atoms. The van der Waals surface area contributed by atoms with Crippen LogP contribution in [0.25, 0.3) is 0 Å². The third-order valence-electron chi connectivity index (χ3n) is 7.68. The summed E-state index contributed by atoms with van der Waals surface area (Å²) >= 11 is 0. The summed E-state index contributed by atoms with van der Waals surface area (Å²) in [6.07, 6.45) is 8.60. The summed E-state index contributed by atoms with van der Waals surface area (Å²) in [5.74, 6) is -0.976. The molecule has 6 nitrogen and oxygen atoms in total. The van der Waals surface area contributed by atoms with Crippen molar-refractivity contribution in [1.29, 1.82) is 0 Å². The van der Waals surface area contributed by atoms with Crippen LogP contribution in [-0.2, 0) is 19.2 Å². The molecule has 2 saturated heterocycles. The molecule has 4 amide bonds. The van der Waals surface area contributed by atoms with Crippen molar-refractivity contribution in [1.82, 2.24) is 0 Å². The normalized spacial score (nSPS) is 37.7. The van der Waals surface area contributed by atoms with Crippen molar-refractivity contribution in [2.75, 3.05) is 9.80 Å². The van der Waals surface area contributed by atoms with Gasteiger partial charge in [-0.2, -0.15) is 0 Å². The predicted octanol–water partition coefficient (Wildman–Crippen LogP) is 2.68. The molecular weight excluding hydrogens is 368 g/mol. The van der Waals surface area contributed by atoms with Gasteiger partial charge in [-0.05, 0) is 55.4 Å². The number of carbonyl (C=O) groups is 4. The largest absolute Gasteiger partial charge is 0.274 e. The molecule has 0 unspecified atom stereocenters. The van der Waals surface area contributed by atoms with Crippen LogP contribution in [0.1, 0.15) is 32.1 Å². The highest BCUT2D eigenvalue weighted by molar-refractivity contribution is 6.24. The highest BCUT2D eigenvalue weighted by Gasteiger charge is 2.59. The monoisotopic (exact) mass is 390 g/mol. The van der Waals surface area contributed by atoms with Gasteiger partial charge in [-0.3, -0.25) is 29.0 Å². The van der Waals surface area contributed by atoms with Crippen molar-refractivity contribution >= 4 is 35.0 Å². The summed E-state index contributed by atoms with van der Waals surface area (Å²) in [6.45, 7) is 0. The van der Waals surface area contributed by atoms with E-state index in [-0.39, 0.29) is 59.1 Å². The van der Waals surface area contributed by atoms with E-state index in [1.165, 1.54) is 9.80 Å². The van der Waals surface area contributed by atoms with Crippen molar-refractivity contribution < 1.29 is 19.2 Å². The van der Waals surface area contributed by atoms with Gasteiger partial charge < -0.3 is 0 Å². The SMILES string of the molecule is O=C1[C@H]2[C@H](C(=O)N1c1ccc(N3C(=O)[C@H]4CCCC[C@H]4C3=O)cc1)[C@H]1C=C[C@H]2C1. The third kappa shape index (κ3) is 2.17. The number of benzene rings is 1. The van der Waals surface area contributed by atoms with Crippen LogP contribution in [-0.4, -0.2) is 23.6 Å². The zero-order valence-electron chi connectivity index (χ0n) is 16.0. The molecule has 0 spiro atoms. The number of hydrogen-bond donors (Lipinski definition) is 0. The Morgan fingerprint density at radius 2 is 1.03 bits per heavy atom. The van der Waals surface area contributed by atoms with Crippen LogP contribution in [0.4, 0.5) is 11.4 Å². The second kappa shape index (κ2) is 5.88. The Labute approximate surface area is 168 Å². The van der Waals surface area contributed by atoms with Crippen molar-refractivity contribution in [3.8, 4) is 0 Å². The van der Waals surface area contributed by atoms with E-state index in [0.29, 0.717) is 11.4 Å². The Morgan fingerprint density at radius 1 is 0.621 bits per heavy atom. The van der Waals surface area contributed by atoms with Gasteiger partial charge in [0, 0.05) is 0 Å². The number of imide groups is 2. The van der Waals surface area contributed by atoms with E-state index in [1.54, 1.807) is 24.3 Å². The standard InChI is InChI=1S/C23H22N2O4/c26-20-16-3-1-2-4-17(16)21(27)24(20)14-7-9-15(10-8-14)25-22(28)18-12-5-6-13(11-12)19(18)23(25)29/h5-10,12-13,16-19H,1-4,11H2/t12-,13-,16-,17+,18+,19+/m0/s1. The summed E-state index contributed by atoms with van der Waals surface area (Å²) in [6, 6.07) is 6.74. The van der Waals surface area contributed by atoms with Gasteiger partial charge in [0.1, 0.15) is 0 Å². The Bertz CT molecular complexity index is 927. The number of fused-ring (bicyclic) bond motifs is 6. The molecule has 6 atom stereocenters. The number of allylic oxidation sites excluding steroid dienone is 2. The quantitative estimate of drug-likeness (QED) is 0.575. The molecule has 6 heteroatoms. The molecule has 29 heavy (non-hydrogen) atoms. The first-order chi connectivity index (χ1) is 14.1. The molecule has 0 radical (unpaired) electrons. The van der Waals surface area contributed by atoms with Gasteiger partial charge >= 0.3 is 0 Å². The topological polar surface area (TPSA) is 74.8 Å². The Hall–Kier alpha value is -2.76. The average molecular weight is 390 g/mol. The summed E-state index contributed by atoms with van der Waals surface area (Å²) in [4.78, 5) is 54.1. The second-order valence-corrected chi connectivity index (χ2v) is 9.04. The summed E-state index contributed by atoms with van der Waals surface area (Å²) < 4.78 is 0. The molecule has 2 saturated carbocycles. The van der Waals surface area contributed by atoms with Crippen LogP contribution in [0.3, 0.4) is 0 Å². The van der Waals surface area contributed by atoms with Gasteiger partial charge in [-0.1, -0.05) is 25.0 Å². The second-order valence-electron chi connectivity index (χ2n) is 9.04. The van der Waals surface area contributed by atoms with Crippen molar-refractivity contribution in [3.63, 3.8) is 0 Å². The predicted molar refractivity (Wildman–Crippen MR) is 105 cm³/mol. The first kappa shape index (κ1) is 17.1. The van der Waals surface area contributed by atoms with E-state index in [1.807, 2.05) is 0 Å². The van der Waals surface area contributed by atoms with Crippen LogP contribution < -0.4 is 9.80 Å². The first-order valence-corrected chi connectivity index (χ1v) is 10.6. The highest BCUT2D eigenvalue weighted by Crippen LogP contribution is 2.53. The number of nitrogens with zero attached hydrogens (tertiary/aromatic N) is 2. The fourth-order valence-electron chi connectivity index (χ4n) is 6.32. The van der Waals surface area contributed by atoms with Gasteiger partial charge in [0.2, 0.25) is 23.6 Å². The summed E-state index contributed by atoms with van der Waals surface area (Å²) in [5, 5.41) is 0. The maximum atomic E-state index is 13.0. The van der Waals surface area contributed by atoms with Crippen LogP contribution in [0, 0.1) is 35.5 Å².